The summed E-state index contributed by atoms with van der Waals surface area (Å²) in [6.45, 7) is 6.13. The molecule has 0 saturated heterocycles. The Morgan fingerprint density at radius 3 is 2.94 bits per heavy atom. The van der Waals surface area contributed by atoms with Gasteiger partial charge in [0.05, 0.1) is 26.7 Å². The molecule has 0 heterocycles. The second-order valence-electron chi connectivity index (χ2n) is 3.36. The summed E-state index contributed by atoms with van der Waals surface area (Å²) in [7, 11) is -0.206. The lowest BCUT2D eigenvalue weighted by Gasteiger charge is -2.17. The summed E-state index contributed by atoms with van der Waals surface area (Å²) >= 11 is 0. The summed E-state index contributed by atoms with van der Waals surface area (Å²) in [5, 5.41) is 0. The molecule has 5 nitrogen and oxygen atoms in total. The molecule has 0 aliphatic rings. The first kappa shape index (κ1) is 16.0. The van der Waals surface area contributed by atoms with E-state index in [2.05, 4.69) is 27.1 Å². The first-order valence-corrected chi connectivity index (χ1v) is 12.2. The standard InChI is InChI=1S/C7H23N3O2Si4/c1-3-7(11)12-5-4-6-16(9-14-2)10-15-8-13/h3,8-10,16H,1,4-6,14-15H2,2,13H3. The molecule has 94 valence electrons. The van der Waals surface area contributed by atoms with Gasteiger partial charge >= 0.3 is 5.97 Å². The van der Waals surface area contributed by atoms with Gasteiger partial charge in [-0.1, -0.05) is 13.1 Å². The van der Waals surface area contributed by atoms with Crippen LogP contribution in [0.3, 0.4) is 0 Å². The zero-order chi connectivity index (χ0) is 12.2. The van der Waals surface area contributed by atoms with Crippen molar-refractivity contribution in [2.75, 3.05) is 6.61 Å². The van der Waals surface area contributed by atoms with Gasteiger partial charge in [-0.25, -0.2) is 4.79 Å². The van der Waals surface area contributed by atoms with Crippen molar-refractivity contribution in [1.82, 2.24) is 13.9 Å². The van der Waals surface area contributed by atoms with Crippen molar-refractivity contribution < 1.29 is 9.53 Å². The van der Waals surface area contributed by atoms with Crippen LogP contribution < -0.4 is 13.9 Å². The fourth-order valence-corrected chi connectivity index (χ4v) is 11.0. The predicted molar refractivity (Wildman–Crippen MR) is 80.0 cm³/mol. The molecule has 0 aliphatic carbocycles. The minimum Gasteiger partial charge on any atom is -0.463 e. The van der Waals surface area contributed by atoms with E-state index in [1.165, 1.54) is 6.08 Å². The molecule has 0 aliphatic heterocycles. The Morgan fingerprint density at radius 2 is 2.38 bits per heavy atom. The van der Waals surface area contributed by atoms with E-state index in [0.717, 1.165) is 22.9 Å². The second kappa shape index (κ2) is 11.4. The van der Waals surface area contributed by atoms with Crippen LogP contribution in [0.2, 0.25) is 12.6 Å². The van der Waals surface area contributed by atoms with Crippen molar-refractivity contribution in [1.29, 1.82) is 0 Å². The maximum atomic E-state index is 10.8. The van der Waals surface area contributed by atoms with Crippen molar-refractivity contribution in [3.8, 4) is 0 Å². The van der Waals surface area contributed by atoms with Crippen LogP contribution in [0.25, 0.3) is 0 Å². The number of ether oxygens (including phenoxy) is 1. The summed E-state index contributed by atoms with van der Waals surface area (Å²) in [4.78, 5) is 10.8. The molecule has 0 radical (unpaired) electrons. The van der Waals surface area contributed by atoms with Gasteiger partial charge in [-0.3, -0.25) is 0 Å². The van der Waals surface area contributed by atoms with Crippen LogP contribution in [-0.4, -0.2) is 51.6 Å². The van der Waals surface area contributed by atoms with E-state index in [1.807, 2.05) is 0 Å². The summed E-state index contributed by atoms with van der Waals surface area (Å²) in [5.41, 5.74) is 0. The summed E-state index contributed by atoms with van der Waals surface area (Å²) in [5.74, 6) is -0.320. The van der Waals surface area contributed by atoms with Gasteiger partial charge in [-0.2, -0.15) is 0 Å². The van der Waals surface area contributed by atoms with Crippen LogP contribution in [-0.2, 0) is 9.53 Å². The van der Waals surface area contributed by atoms with Crippen LogP contribution in [0.15, 0.2) is 12.7 Å². The maximum absolute atomic E-state index is 10.8. The predicted octanol–water partition coefficient (Wildman–Crippen LogP) is -3.49. The molecule has 0 amide bonds. The van der Waals surface area contributed by atoms with Crippen molar-refractivity contribution >= 4 is 45.0 Å². The minimum atomic E-state index is -0.957. The number of esters is 1. The van der Waals surface area contributed by atoms with Crippen LogP contribution in [0.4, 0.5) is 0 Å². The number of carbonyl (C=O) groups is 1. The molecule has 9 heteroatoms. The fourth-order valence-electron chi connectivity index (χ4n) is 1.27. The Labute approximate surface area is 107 Å². The number of carbonyl (C=O) groups excluding carboxylic acids is 1. The van der Waals surface area contributed by atoms with E-state index >= 15 is 0 Å². The van der Waals surface area contributed by atoms with Crippen LogP contribution in [0, 0.1) is 0 Å². The third-order valence-electron chi connectivity index (χ3n) is 2.02. The Morgan fingerprint density at radius 1 is 1.62 bits per heavy atom. The quantitative estimate of drug-likeness (QED) is 0.169. The topological polar surface area (TPSA) is 62.4 Å². The molecule has 1 unspecified atom stereocenters. The van der Waals surface area contributed by atoms with Gasteiger partial charge in [0.1, 0.15) is 0 Å². The van der Waals surface area contributed by atoms with Crippen molar-refractivity contribution in [2.24, 2.45) is 0 Å². The zero-order valence-electron chi connectivity index (χ0n) is 10.2. The molecule has 0 saturated carbocycles. The molecule has 0 bridgehead atoms. The smallest absolute Gasteiger partial charge is 0.330 e. The monoisotopic (exact) mass is 293 g/mol. The number of nitrogens with one attached hydrogen (secondary N) is 3. The maximum Gasteiger partial charge on any atom is 0.330 e. The van der Waals surface area contributed by atoms with E-state index in [9.17, 15) is 4.79 Å². The Balaban J connectivity index is 3.58. The van der Waals surface area contributed by atoms with E-state index < -0.39 is 9.12 Å². The van der Waals surface area contributed by atoms with E-state index in [0.29, 0.717) is 6.61 Å². The van der Waals surface area contributed by atoms with E-state index in [1.54, 1.807) is 0 Å². The van der Waals surface area contributed by atoms with Gasteiger partial charge in [0, 0.05) is 6.08 Å². The number of hydrogen-bond donors (Lipinski definition) is 3. The van der Waals surface area contributed by atoms with Gasteiger partial charge < -0.3 is 18.7 Å². The van der Waals surface area contributed by atoms with Gasteiger partial charge in [-0.15, -0.1) is 0 Å². The number of hydrogen-bond acceptors (Lipinski definition) is 5. The molecule has 0 aromatic carbocycles. The Kier molecular flexibility index (Phi) is 11.4. The average Bonchev–Trinajstić information content (AvgIpc) is 2.30. The van der Waals surface area contributed by atoms with Crippen molar-refractivity contribution in [3.63, 3.8) is 0 Å². The SMILES string of the molecule is C=CC(=O)OCCC[SiH](N[SiH2]C)N[SiH2]N[SiH3]. The van der Waals surface area contributed by atoms with Gasteiger partial charge in [0.25, 0.3) is 0 Å². The van der Waals surface area contributed by atoms with Gasteiger partial charge in [0.15, 0.2) is 19.0 Å². The number of rotatable bonds is 10. The highest BCUT2D eigenvalue weighted by molar-refractivity contribution is 6.69. The third-order valence-corrected chi connectivity index (χ3v) is 10.8. The van der Waals surface area contributed by atoms with Crippen molar-refractivity contribution in [3.05, 3.63) is 12.7 Å². The average molecular weight is 294 g/mol. The first-order valence-electron chi connectivity index (χ1n) is 5.65. The summed E-state index contributed by atoms with van der Waals surface area (Å²) < 4.78 is 15.6. The first-order chi connectivity index (χ1) is 7.74. The minimum absolute atomic E-state index is 0.0846. The third kappa shape index (κ3) is 9.20. The molecule has 0 aromatic rings. The molecule has 0 fully saturated rings. The van der Waals surface area contributed by atoms with E-state index in [-0.39, 0.29) is 25.5 Å². The molecule has 0 aromatic heterocycles. The molecule has 16 heavy (non-hydrogen) atoms. The summed E-state index contributed by atoms with van der Waals surface area (Å²) in [6, 6.07) is 1.14. The van der Waals surface area contributed by atoms with Crippen LogP contribution in [0.1, 0.15) is 6.42 Å². The molecule has 1 atom stereocenters. The second-order valence-corrected chi connectivity index (χ2v) is 12.2. The Hall–Kier alpha value is -0.0425. The zero-order valence-corrected chi connectivity index (χ0v) is 16.2. The summed E-state index contributed by atoms with van der Waals surface area (Å²) in [6.07, 6.45) is 2.16. The largest absolute Gasteiger partial charge is 0.463 e. The van der Waals surface area contributed by atoms with Crippen molar-refractivity contribution in [2.45, 2.75) is 19.0 Å². The molecular weight excluding hydrogens is 270 g/mol. The lowest BCUT2D eigenvalue weighted by Crippen LogP contribution is -2.52. The molecular formula is C7H23N3O2Si4. The van der Waals surface area contributed by atoms with Gasteiger partial charge in [0.2, 0.25) is 0 Å². The molecule has 0 spiro atoms. The van der Waals surface area contributed by atoms with Crippen LogP contribution >= 0.6 is 0 Å². The highest BCUT2D eigenvalue weighted by Gasteiger charge is 2.08. The normalized spacial score (nSPS) is 13.8. The lowest BCUT2D eigenvalue weighted by molar-refractivity contribution is -0.137. The Bertz CT molecular complexity index is 208. The van der Waals surface area contributed by atoms with E-state index in [4.69, 9.17) is 4.74 Å². The lowest BCUT2D eigenvalue weighted by atomic mass is 10.5. The van der Waals surface area contributed by atoms with Crippen LogP contribution in [0.5, 0.6) is 0 Å². The van der Waals surface area contributed by atoms with Gasteiger partial charge in [-0.05, 0) is 12.5 Å². The highest BCUT2D eigenvalue weighted by Crippen LogP contribution is 1.94. The fraction of sp³-hybridized carbons (Fsp3) is 0.571. The highest BCUT2D eigenvalue weighted by atomic mass is 28.4. The molecule has 0 rings (SSSR count). The molecule has 3 N–H and O–H groups in total.